The van der Waals surface area contributed by atoms with Gasteiger partial charge in [-0.15, -0.1) is 0 Å². The largest absolute Gasteiger partial charge is 0.496 e. The molecule has 0 saturated carbocycles. The Kier molecular flexibility index (Phi) is 5.76. The standard InChI is InChI=1S/C28H25NO6/c1-15-24(28(32)34-3)25(19-14-35-23-11-7-5-9-18(23)27(19)31)26-20(29-15)12-16(13-21(26)30)17-8-4-6-10-22(17)33-2/h4-11,14,16,25,29H,12-13H2,1-3H3. The fraction of sp³-hybridized carbons (Fsp3) is 0.250. The zero-order valence-corrected chi connectivity index (χ0v) is 19.7. The zero-order chi connectivity index (χ0) is 24.7. The molecule has 1 aliphatic heterocycles. The van der Waals surface area contributed by atoms with Crippen LogP contribution >= 0.6 is 0 Å². The Hall–Kier alpha value is -4.13. The van der Waals surface area contributed by atoms with Crippen molar-refractivity contribution in [2.45, 2.75) is 31.6 Å². The van der Waals surface area contributed by atoms with Crippen molar-refractivity contribution >= 4 is 22.7 Å². The average Bonchev–Trinajstić information content (AvgIpc) is 2.87. The van der Waals surface area contributed by atoms with E-state index >= 15 is 0 Å². The Morgan fingerprint density at radius 2 is 1.74 bits per heavy atom. The lowest BCUT2D eigenvalue weighted by atomic mass is 9.71. The van der Waals surface area contributed by atoms with Gasteiger partial charge in [0.1, 0.15) is 11.3 Å². The quantitative estimate of drug-likeness (QED) is 0.566. The molecule has 1 N–H and O–H groups in total. The molecule has 3 aromatic rings. The molecule has 5 rings (SSSR count). The monoisotopic (exact) mass is 471 g/mol. The number of rotatable bonds is 4. The second-order valence-electron chi connectivity index (χ2n) is 8.77. The Morgan fingerprint density at radius 1 is 1.00 bits per heavy atom. The van der Waals surface area contributed by atoms with E-state index in [9.17, 15) is 14.4 Å². The van der Waals surface area contributed by atoms with E-state index in [1.165, 1.54) is 13.4 Å². The van der Waals surface area contributed by atoms with Gasteiger partial charge < -0.3 is 19.2 Å². The Balaban J connectivity index is 1.68. The summed E-state index contributed by atoms with van der Waals surface area (Å²) >= 11 is 0. The van der Waals surface area contributed by atoms with Gasteiger partial charge in [-0.25, -0.2) is 4.79 Å². The maximum atomic E-state index is 13.7. The van der Waals surface area contributed by atoms with Crippen LogP contribution in [0.1, 0.15) is 42.7 Å². The zero-order valence-electron chi connectivity index (χ0n) is 19.7. The number of esters is 1. The molecule has 1 aliphatic carbocycles. The van der Waals surface area contributed by atoms with Gasteiger partial charge in [0.15, 0.2) is 11.2 Å². The van der Waals surface area contributed by atoms with Gasteiger partial charge in [0.25, 0.3) is 0 Å². The van der Waals surface area contributed by atoms with Gasteiger partial charge in [-0.2, -0.15) is 0 Å². The third kappa shape index (κ3) is 3.73. The van der Waals surface area contributed by atoms with Crippen molar-refractivity contribution in [3.8, 4) is 5.75 Å². The van der Waals surface area contributed by atoms with Crippen LogP contribution < -0.4 is 15.5 Å². The van der Waals surface area contributed by atoms with E-state index in [1.54, 1.807) is 38.3 Å². The van der Waals surface area contributed by atoms with Gasteiger partial charge in [-0.3, -0.25) is 9.59 Å². The normalized spacial score (nSPS) is 19.9. The van der Waals surface area contributed by atoms with E-state index in [4.69, 9.17) is 13.9 Å². The summed E-state index contributed by atoms with van der Waals surface area (Å²) in [5.74, 6) is -1.00. The molecule has 7 heteroatoms. The number of dihydropyridines is 1. The number of Topliss-reactive ketones (excluding diaryl/α,β-unsaturated/α-hetero) is 1. The second kappa shape index (κ2) is 8.91. The molecule has 0 radical (unpaired) electrons. The van der Waals surface area contributed by atoms with Crippen LogP contribution in [-0.2, 0) is 14.3 Å². The predicted octanol–water partition coefficient (Wildman–Crippen LogP) is 4.34. The van der Waals surface area contributed by atoms with Crippen LogP contribution in [0, 0.1) is 0 Å². The first-order chi connectivity index (χ1) is 16.9. The average molecular weight is 472 g/mol. The van der Waals surface area contributed by atoms with E-state index in [-0.39, 0.29) is 34.7 Å². The van der Waals surface area contributed by atoms with Gasteiger partial charge >= 0.3 is 5.97 Å². The number of nitrogens with one attached hydrogen (secondary N) is 1. The molecule has 178 valence electrons. The second-order valence-corrected chi connectivity index (χ2v) is 8.77. The van der Waals surface area contributed by atoms with Crippen LogP contribution in [0.4, 0.5) is 0 Å². The van der Waals surface area contributed by atoms with Crippen molar-refractivity contribution in [2.75, 3.05) is 14.2 Å². The van der Waals surface area contributed by atoms with Crippen molar-refractivity contribution in [1.82, 2.24) is 5.32 Å². The van der Waals surface area contributed by atoms with Crippen LogP contribution in [-0.4, -0.2) is 26.0 Å². The summed E-state index contributed by atoms with van der Waals surface area (Å²) in [4.78, 5) is 40.1. The van der Waals surface area contributed by atoms with Crippen LogP contribution in [0.2, 0.25) is 0 Å². The number of carbonyl (C=O) groups excluding carboxylic acids is 2. The van der Waals surface area contributed by atoms with Crippen molar-refractivity contribution in [3.63, 3.8) is 0 Å². The van der Waals surface area contributed by atoms with E-state index in [2.05, 4.69) is 5.32 Å². The van der Waals surface area contributed by atoms with E-state index in [0.717, 1.165) is 11.3 Å². The lowest BCUT2D eigenvalue weighted by molar-refractivity contribution is -0.136. The van der Waals surface area contributed by atoms with Crippen LogP contribution in [0.5, 0.6) is 5.75 Å². The van der Waals surface area contributed by atoms with Crippen molar-refractivity contribution in [1.29, 1.82) is 0 Å². The topological polar surface area (TPSA) is 94.8 Å². The first-order valence-corrected chi connectivity index (χ1v) is 11.4. The van der Waals surface area contributed by atoms with Gasteiger partial charge in [0, 0.05) is 34.9 Å². The third-order valence-corrected chi connectivity index (χ3v) is 6.83. The summed E-state index contributed by atoms with van der Waals surface area (Å²) in [5.41, 5.74) is 3.22. The maximum Gasteiger partial charge on any atom is 0.336 e. The number of ether oxygens (including phenoxy) is 2. The Labute approximate surface area is 202 Å². The van der Waals surface area contributed by atoms with Gasteiger partial charge in [-0.1, -0.05) is 30.3 Å². The highest BCUT2D eigenvalue weighted by molar-refractivity contribution is 6.04. The van der Waals surface area contributed by atoms with E-state index in [1.807, 2.05) is 24.3 Å². The molecule has 0 saturated heterocycles. The summed E-state index contributed by atoms with van der Waals surface area (Å²) in [6.07, 6.45) is 2.12. The van der Waals surface area contributed by atoms with Gasteiger partial charge in [-0.05, 0) is 37.1 Å². The SMILES string of the molecule is COC(=O)C1=C(C)NC2=C(C(=O)CC(c3ccccc3OC)C2)C1c1coc2ccccc2c1=O. The molecule has 35 heavy (non-hydrogen) atoms. The van der Waals surface area contributed by atoms with Crippen molar-refractivity contribution in [2.24, 2.45) is 0 Å². The molecule has 0 fully saturated rings. The summed E-state index contributed by atoms with van der Waals surface area (Å²) < 4.78 is 16.3. The summed E-state index contributed by atoms with van der Waals surface area (Å²) in [7, 11) is 2.89. The van der Waals surface area contributed by atoms with Crippen LogP contribution in [0.25, 0.3) is 11.0 Å². The number of fused-ring (bicyclic) bond motifs is 1. The molecule has 7 nitrogen and oxygen atoms in total. The van der Waals surface area contributed by atoms with Crippen LogP contribution in [0.15, 0.2) is 86.5 Å². The number of hydrogen-bond acceptors (Lipinski definition) is 7. The predicted molar refractivity (Wildman–Crippen MR) is 130 cm³/mol. The first kappa shape index (κ1) is 22.7. The molecule has 0 amide bonds. The number of hydrogen-bond donors (Lipinski definition) is 1. The number of methoxy groups -OCH3 is 2. The van der Waals surface area contributed by atoms with Gasteiger partial charge in [0.05, 0.1) is 37.4 Å². The summed E-state index contributed by atoms with van der Waals surface area (Å²) in [6, 6.07) is 14.6. The third-order valence-electron chi connectivity index (χ3n) is 6.83. The Bertz CT molecular complexity index is 1480. The molecular formula is C28H25NO6. The summed E-state index contributed by atoms with van der Waals surface area (Å²) in [6.45, 7) is 1.75. The lowest BCUT2D eigenvalue weighted by Gasteiger charge is -2.36. The molecule has 2 aliphatic rings. The lowest BCUT2D eigenvalue weighted by Crippen LogP contribution is -2.37. The number of para-hydroxylation sites is 2. The minimum atomic E-state index is -0.884. The molecule has 2 heterocycles. The maximum absolute atomic E-state index is 13.7. The fourth-order valence-electron chi connectivity index (χ4n) is 5.25. The molecule has 2 atom stereocenters. The number of ketones is 1. The van der Waals surface area contributed by atoms with Crippen molar-refractivity contribution < 1.29 is 23.5 Å². The molecule has 0 bridgehead atoms. The highest BCUT2D eigenvalue weighted by Gasteiger charge is 2.43. The molecule has 1 aromatic heterocycles. The molecule has 2 aromatic carbocycles. The number of carbonyl (C=O) groups is 2. The molecule has 2 unspecified atom stereocenters. The first-order valence-electron chi connectivity index (χ1n) is 11.4. The highest BCUT2D eigenvalue weighted by Crippen LogP contribution is 2.46. The van der Waals surface area contributed by atoms with Crippen LogP contribution in [0.3, 0.4) is 0 Å². The van der Waals surface area contributed by atoms with Crippen molar-refractivity contribution in [3.05, 3.63) is 98.7 Å². The highest BCUT2D eigenvalue weighted by atomic mass is 16.5. The van der Waals surface area contributed by atoms with Gasteiger partial charge in [0.2, 0.25) is 0 Å². The smallest absolute Gasteiger partial charge is 0.336 e. The Morgan fingerprint density at radius 3 is 2.51 bits per heavy atom. The minimum absolute atomic E-state index is 0.106. The number of benzene rings is 2. The molecule has 0 spiro atoms. The minimum Gasteiger partial charge on any atom is -0.496 e. The molecular weight excluding hydrogens is 446 g/mol. The van der Waals surface area contributed by atoms with E-state index < -0.39 is 11.9 Å². The number of allylic oxidation sites excluding steroid dienone is 3. The van der Waals surface area contributed by atoms with E-state index in [0.29, 0.717) is 34.4 Å². The summed E-state index contributed by atoms with van der Waals surface area (Å²) in [5, 5.41) is 3.66. The fourth-order valence-corrected chi connectivity index (χ4v) is 5.25.